The van der Waals surface area contributed by atoms with Crippen molar-refractivity contribution in [3.63, 3.8) is 0 Å². The zero-order chi connectivity index (χ0) is 13.4. The maximum atomic E-state index is 11.0. The van der Waals surface area contributed by atoms with Crippen molar-refractivity contribution in [3.8, 4) is 11.3 Å². The molecule has 1 saturated heterocycles. The van der Waals surface area contributed by atoms with Crippen LogP contribution >= 0.6 is 11.8 Å². The first-order chi connectivity index (χ1) is 9.16. The lowest BCUT2D eigenvalue weighted by Gasteiger charge is -2.27. The Labute approximate surface area is 115 Å². The number of aromatic nitrogens is 2. The van der Waals surface area contributed by atoms with Crippen molar-refractivity contribution in [2.24, 2.45) is 7.05 Å². The van der Waals surface area contributed by atoms with Gasteiger partial charge in [0.1, 0.15) is 0 Å². The number of nitrogens with zero attached hydrogens (tertiary/aromatic N) is 2. The number of thioether (sulfide) groups is 1. The van der Waals surface area contributed by atoms with Gasteiger partial charge >= 0.3 is 5.97 Å². The van der Waals surface area contributed by atoms with E-state index >= 15 is 0 Å². The highest BCUT2D eigenvalue weighted by atomic mass is 32.2. The minimum Gasteiger partial charge on any atom is -0.476 e. The minimum absolute atomic E-state index is 0.0929. The van der Waals surface area contributed by atoms with Crippen LogP contribution in [0.15, 0.2) is 30.3 Å². The summed E-state index contributed by atoms with van der Waals surface area (Å²) in [7, 11) is 1.79. The summed E-state index contributed by atoms with van der Waals surface area (Å²) in [5.41, 5.74) is 3.34. The molecule has 1 N–H and O–H groups in total. The van der Waals surface area contributed by atoms with Crippen LogP contribution in [-0.4, -0.2) is 32.4 Å². The number of hydrogen-bond acceptors (Lipinski definition) is 3. The number of aryl methyl sites for hydroxylation is 1. The molecule has 5 heteroatoms. The fourth-order valence-electron chi connectivity index (χ4n) is 2.33. The fraction of sp³-hybridized carbons (Fsp3) is 0.286. The second-order valence-corrected chi connectivity index (χ2v) is 5.74. The van der Waals surface area contributed by atoms with Gasteiger partial charge in [0.15, 0.2) is 5.69 Å². The Morgan fingerprint density at radius 2 is 2.16 bits per heavy atom. The van der Waals surface area contributed by atoms with Crippen molar-refractivity contribution < 1.29 is 9.90 Å². The smallest absolute Gasteiger partial charge is 0.356 e. The van der Waals surface area contributed by atoms with Gasteiger partial charge in [-0.2, -0.15) is 16.9 Å². The van der Waals surface area contributed by atoms with Crippen LogP contribution in [0, 0.1) is 0 Å². The van der Waals surface area contributed by atoms with E-state index < -0.39 is 5.97 Å². The van der Waals surface area contributed by atoms with E-state index in [-0.39, 0.29) is 5.69 Å². The Bertz CT molecular complexity index is 632. The molecule has 0 bridgehead atoms. The molecule has 0 atom stereocenters. The third kappa shape index (κ3) is 2.14. The van der Waals surface area contributed by atoms with Gasteiger partial charge in [-0.3, -0.25) is 4.68 Å². The first-order valence-electron chi connectivity index (χ1n) is 6.11. The minimum atomic E-state index is -0.987. The van der Waals surface area contributed by atoms with Crippen molar-refractivity contribution >= 4 is 17.7 Å². The Morgan fingerprint density at radius 1 is 1.42 bits per heavy atom. The standard InChI is InChI=1S/C14H14N2O2S/c1-16-13(6-12(15-16)14(17)18)11-5-3-2-4-10(11)9-7-19-8-9/h2-6,9H,7-8H2,1H3,(H,17,18). The Kier molecular flexibility index (Phi) is 3.06. The lowest BCUT2D eigenvalue weighted by molar-refractivity contribution is 0.0689. The Hall–Kier alpha value is -1.75. The third-order valence-corrected chi connectivity index (χ3v) is 4.69. The zero-order valence-corrected chi connectivity index (χ0v) is 11.4. The van der Waals surface area contributed by atoms with E-state index in [2.05, 4.69) is 11.2 Å². The summed E-state index contributed by atoms with van der Waals surface area (Å²) in [5.74, 6) is 1.87. The molecular formula is C14H14N2O2S. The monoisotopic (exact) mass is 274 g/mol. The second-order valence-electron chi connectivity index (χ2n) is 4.67. The number of rotatable bonds is 3. The summed E-state index contributed by atoms with van der Waals surface area (Å²) in [4.78, 5) is 11.0. The topological polar surface area (TPSA) is 55.1 Å². The van der Waals surface area contributed by atoms with Crippen molar-refractivity contribution in [2.45, 2.75) is 5.92 Å². The predicted molar refractivity (Wildman–Crippen MR) is 75.7 cm³/mol. The van der Waals surface area contributed by atoms with E-state index in [9.17, 15) is 4.79 Å². The van der Waals surface area contributed by atoms with Crippen LogP contribution in [0.5, 0.6) is 0 Å². The molecule has 0 spiro atoms. The van der Waals surface area contributed by atoms with Crippen molar-refractivity contribution in [1.82, 2.24) is 9.78 Å². The summed E-state index contributed by atoms with van der Waals surface area (Å²) < 4.78 is 1.65. The average Bonchev–Trinajstić information content (AvgIpc) is 2.70. The van der Waals surface area contributed by atoms with Gasteiger partial charge < -0.3 is 5.11 Å². The van der Waals surface area contributed by atoms with Crippen LogP contribution in [0.25, 0.3) is 11.3 Å². The van der Waals surface area contributed by atoms with Crippen LogP contribution in [0.1, 0.15) is 22.0 Å². The van der Waals surface area contributed by atoms with Gasteiger partial charge in [-0.05, 0) is 11.6 Å². The number of benzene rings is 1. The molecule has 0 saturated carbocycles. The second kappa shape index (κ2) is 4.74. The Balaban J connectivity index is 2.08. The first-order valence-corrected chi connectivity index (χ1v) is 7.26. The number of hydrogen-bond donors (Lipinski definition) is 1. The highest BCUT2D eigenvalue weighted by molar-refractivity contribution is 8.00. The van der Waals surface area contributed by atoms with Crippen LogP contribution in [0.3, 0.4) is 0 Å². The van der Waals surface area contributed by atoms with Crippen LogP contribution < -0.4 is 0 Å². The molecule has 3 rings (SSSR count). The van der Waals surface area contributed by atoms with Crippen molar-refractivity contribution in [1.29, 1.82) is 0 Å². The van der Waals surface area contributed by atoms with Crippen molar-refractivity contribution in [2.75, 3.05) is 11.5 Å². The molecule has 1 aliphatic rings. The van der Waals surface area contributed by atoms with E-state index in [0.717, 1.165) is 22.8 Å². The van der Waals surface area contributed by atoms with Gasteiger partial charge in [0.05, 0.1) is 5.69 Å². The molecule has 2 aromatic rings. The summed E-state index contributed by atoms with van der Waals surface area (Å²) >= 11 is 1.94. The van der Waals surface area contributed by atoms with E-state index in [0.29, 0.717) is 5.92 Å². The van der Waals surface area contributed by atoms with E-state index in [1.54, 1.807) is 17.8 Å². The molecule has 0 amide bonds. The fourth-order valence-corrected chi connectivity index (χ4v) is 3.16. The molecular weight excluding hydrogens is 260 g/mol. The number of carboxylic acid groups (broad SMARTS) is 1. The third-order valence-electron chi connectivity index (χ3n) is 3.41. The van der Waals surface area contributed by atoms with E-state index in [4.69, 9.17) is 5.11 Å². The van der Waals surface area contributed by atoms with Crippen LogP contribution in [0.2, 0.25) is 0 Å². The van der Waals surface area contributed by atoms with Crippen molar-refractivity contribution in [3.05, 3.63) is 41.6 Å². The molecule has 2 heterocycles. The molecule has 19 heavy (non-hydrogen) atoms. The normalized spacial score (nSPS) is 15.2. The van der Waals surface area contributed by atoms with E-state index in [1.807, 2.05) is 30.0 Å². The quantitative estimate of drug-likeness (QED) is 0.934. The van der Waals surface area contributed by atoms with Gasteiger partial charge in [0.2, 0.25) is 0 Å². The van der Waals surface area contributed by atoms with Gasteiger partial charge in [-0.15, -0.1) is 0 Å². The highest BCUT2D eigenvalue weighted by Gasteiger charge is 2.24. The lowest BCUT2D eigenvalue weighted by atomic mass is 9.94. The van der Waals surface area contributed by atoms with Gasteiger partial charge in [-0.1, -0.05) is 24.3 Å². The SMILES string of the molecule is Cn1nc(C(=O)O)cc1-c1ccccc1C1CSC1. The molecule has 98 valence electrons. The molecule has 1 aromatic carbocycles. The molecule has 1 aromatic heterocycles. The number of carboxylic acids is 1. The average molecular weight is 274 g/mol. The Morgan fingerprint density at radius 3 is 2.74 bits per heavy atom. The predicted octanol–water partition coefficient (Wildman–Crippen LogP) is 2.62. The summed E-state index contributed by atoms with van der Waals surface area (Å²) in [6.07, 6.45) is 0. The number of aromatic carboxylic acids is 1. The van der Waals surface area contributed by atoms with Gasteiger partial charge in [0, 0.05) is 30.0 Å². The van der Waals surface area contributed by atoms with Crippen LogP contribution in [-0.2, 0) is 7.05 Å². The molecule has 0 unspecified atom stereocenters. The maximum Gasteiger partial charge on any atom is 0.356 e. The van der Waals surface area contributed by atoms with Gasteiger partial charge in [-0.25, -0.2) is 4.79 Å². The molecule has 0 aliphatic carbocycles. The number of carbonyl (C=O) groups is 1. The molecule has 1 fully saturated rings. The summed E-state index contributed by atoms with van der Waals surface area (Å²) in [6.45, 7) is 0. The molecule has 0 radical (unpaired) electrons. The zero-order valence-electron chi connectivity index (χ0n) is 10.5. The molecule has 4 nitrogen and oxygen atoms in total. The first kappa shape index (κ1) is 12.3. The maximum absolute atomic E-state index is 11.0. The van der Waals surface area contributed by atoms with Gasteiger partial charge in [0.25, 0.3) is 0 Å². The summed E-state index contributed by atoms with van der Waals surface area (Å²) in [5, 5.41) is 13.1. The van der Waals surface area contributed by atoms with Crippen LogP contribution in [0.4, 0.5) is 0 Å². The lowest BCUT2D eigenvalue weighted by Crippen LogP contribution is -2.16. The molecule has 1 aliphatic heterocycles. The summed E-state index contributed by atoms with van der Waals surface area (Å²) in [6, 6.07) is 9.84. The largest absolute Gasteiger partial charge is 0.476 e. The highest BCUT2D eigenvalue weighted by Crippen LogP contribution is 2.38. The van der Waals surface area contributed by atoms with E-state index in [1.165, 1.54) is 5.56 Å².